The molecular weight excluding hydrogens is 258 g/mol. The van der Waals surface area contributed by atoms with E-state index in [9.17, 15) is 5.11 Å². The van der Waals surface area contributed by atoms with Crippen molar-refractivity contribution in [3.8, 4) is 5.75 Å². The van der Waals surface area contributed by atoms with Gasteiger partial charge in [0.25, 0.3) is 0 Å². The molecule has 2 nitrogen and oxygen atoms in total. The molecule has 21 heavy (non-hydrogen) atoms. The van der Waals surface area contributed by atoms with Gasteiger partial charge in [0.2, 0.25) is 0 Å². The van der Waals surface area contributed by atoms with Gasteiger partial charge in [0, 0.05) is 11.8 Å². The Labute approximate surface area is 127 Å². The van der Waals surface area contributed by atoms with Gasteiger partial charge in [-0.1, -0.05) is 12.1 Å². The predicted molar refractivity (Wildman–Crippen MR) is 85.8 cm³/mol. The lowest BCUT2D eigenvalue weighted by Crippen LogP contribution is -2.50. The molecule has 0 spiro atoms. The maximum Gasteiger partial charge on any atom is 0.124 e. The van der Waals surface area contributed by atoms with Crippen molar-refractivity contribution < 1.29 is 5.11 Å². The second kappa shape index (κ2) is 4.86. The number of rotatable bonds is 3. The fraction of sp³-hybridized carbons (Fsp3) is 0.632. The summed E-state index contributed by atoms with van der Waals surface area (Å²) in [4.78, 5) is 4.86. The Kier molecular flexibility index (Phi) is 3.09. The number of phenols is 1. The van der Waals surface area contributed by atoms with Gasteiger partial charge < -0.3 is 5.11 Å². The number of aliphatic imine (C=N–C) groups is 1. The van der Waals surface area contributed by atoms with Gasteiger partial charge in [0.1, 0.15) is 5.75 Å². The van der Waals surface area contributed by atoms with E-state index in [1.807, 2.05) is 24.4 Å². The van der Waals surface area contributed by atoms with E-state index < -0.39 is 0 Å². The van der Waals surface area contributed by atoms with Crippen LogP contribution in [-0.2, 0) is 0 Å². The molecule has 4 fully saturated rings. The third-order valence-corrected chi connectivity index (χ3v) is 6.35. The molecule has 0 radical (unpaired) electrons. The van der Waals surface area contributed by atoms with E-state index >= 15 is 0 Å². The van der Waals surface area contributed by atoms with E-state index in [2.05, 4.69) is 6.92 Å². The first kappa shape index (κ1) is 13.4. The molecule has 4 saturated carbocycles. The molecule has 5 rings (SSSR count). The number of para-hydroxylation sites is 1. The molecule has 0 unspecified atom stereocenters. The van der Waals surface area contributed by atoms with Crippen molar-refractivity contribution in [2.75, 3.05) is 0 Å². The van der Waals surface area contributed by atoms with Crippen molar-refractivity contribution in [3.05, 3.63) is 29.8 Å². The van der Waals surface area contributed by atoms with E-state index in [1.54, 1.807) is 6.07 Å². The summed E-state index contributed by atoms with van der Waals surface area (Å²) >= 11 is 0. The maximum atomic E-state index is 9.87. The first-order chi connectivity index (χ1) is 10.1. The number of phenolic OH excluding ortho intramolecular Hbond substituents is 1. The summed E-state index contributed by atoms with van der Waals surface area (Å²) in [6.45, 7) is 2.30. The van der Waals surface area contributed by atoms with Crippen LogP contribution in [0.25, 0.3) is 0 Å². The van der Waals surface area contributed by atoms with E-state index in [0.29, 0.717) is 17.2 Å². The molecule has 0 amide bonds. The minimum atomic E-state index is 0.332. The molecule has 1 N–H and O–H groups in total. The number of hydrogen-bond donors (Lipinski definition) is 1. The number of hydrogen-bond acceptors (Lipinski definition) is 2. The molecule has 0 heterocycles. The molecular formula is C19H25NO. The van der Waals surface area contributed by atoms with Gasteiger partial charge in [-0.05, 0) is 80.8 Å². The largest absolute Gasteiger partial charge is 0.507 e. The number of benzene rings is 1. The zero-order chi connectivity index (χ0) is 14.4. The first-order valence-corrected chi connectivity index (χ1v) is 8.46. The summed E-state index contributed by atoms with van der Waals surface area (Å²) in [6.07, 6.45) is 10.5. The Bertz CT molecular complexity index is 527. The van der Waals surface area contributed by atoms with Crippen LogP contribution in [0.5, 0.6) is 5.75 Å². The highest BCUT2D eigenvalue weighted by Gasteiger charge is 2.53. The standard InChI is InChI=1S/C19H25NO/c1-13(20-12-17-4-2-3-5-18(17)21)19-9-14-6-15(10-19)8-16(7-14)11-19/h2-5,12-16,21H,6-11H2,1H3/t13-,14?,15?,16?,19?/m1/s1. The predicted octanol–water partition coefficient (Wildman–Crippen LogP) is 4.42. The van der Waals surface area contributed by atoms with Gasteiger partial charge in [0.05, 0.1) is 6.04 Å². The van der Waals surface area contributed by atoms with E-state index in [4.69, 9.17) is 4.99 Å². The molecule has 112 valence electrons. The Morgan fingerprint density at radius 1 is 1.10 bits per heavy atom. The van der Waals surface area contributed by atoms with Gasteiger partial charge in [-0.2, -0.15) is 0 Å². The summed E-state index contributed by atoms with van der Waals surface area (Å²) in [5, 5.41) is 9.87. The lowest BCUT2D eigenvalue weighted by atomic mass is 9.48. The molecule has 0 saturated heterocycles. The third-order valence-electron chi connectivity index (χ3n) is 6.35. The monoisotopic (exact) mass is 283 g/mol. The lowest BCUT2D eigenvalue weighted by molar-refractivity contribution is -0.0632. The van der Waals surface area contributed by atoms with Crippen LogP contribution in [0.15, 0.2) is 29.3 Å². The summed E-state index contributed by atoms with van der Waals surface area (Å²) in [5.74, 6) is 3.25. The van der Waals surface area contributed by atoms with Crippen LogP contribution in [0.4, 0.5) is 0 Å². The van der Waals surface area contributed by atoms with Crippen molar-refractivity contribution >= 4 is 6.21 Å². The Balaban J connectivity index is 1.55. The maximum absolute atomic E-state index is 9.87. The number of nitrogens with zero attached hydrogens (tertiary/aromatic N) is 1. The van der Waals surface area contributed by atoms with Crippen LogP contribution >= 0.6 is 0 Å². The summed E-state index contributed by atoms with van der Waals surface area (Å²) in [5.41, 5.74) is 1.30. The third kappa shape index (κ3) is 2.29. The SMILES string of the molecule is C[C@@H](N=Cc1ccccc1O)C12CC3CC(CC(C3)C1)C2. The van der Waals surface area contributed by atoms with Crippen LogP contribution < -0.4 is 0 Å². The fourth-order valence-electron chi connectivity index (χ4n) is 5.64. The summed E-state index contributed by atoms with van der Waals surface area (Å²) in [6, 6.07) is 7.86. The quantitative estimate of drug-likeness (QED) is 0.818. The number of aromatic hydroxyl groups is 1. The van der Waals surface area contributed by atoms with Crippen molar-refractivity contribution in [1.82, 2.24) is 0 Å². The average Bonchev–Trinajstić information content (AvgIpc) is 2.44. The lowest BCUT2D eigenvalue weighted by Gasteiger charge is -2.58. The highest BCUT2D eigenvalue weighted by atomic mass is 16.3. The molecule has 4 bridgehead atoms. The minimum Gasteiger partial charge on any atom is -0.507 e. The van der Waals surface area contributed by atoms with Gasteiger partial charge in [-0.25, -0.2) is 0 Å². The molecule has 1 atom stereocenters. The van der Waals surface area contributed by atoms with Gasteiger partial charge in [-0.15, -0.1) is 0 Å². The highest BCUT2D eigenvalue weighted by Crippen LogP contribution is 2.61. The molecule has 0 aliphatic heterocycles. The second-order valence-electron chi connectivity index (χ2n) is 7.79. The first-order valence-electron chi connectivity index (χ1n) is 8.46. The summed E-state index contributed by atoms with van der Waals surface area (Å²) in [7, 11) is 0. The fourth-order valence-corrected chi connectivity index (χ4v) is 5.64. The van der Waals surface area contributed by atoms with E-state index in [-0.39, 0.29) is 0 Å². The molecule has 0 aromatic heterocycles. The average molecular weight is 283 g/mol. The van der Waals surface area contributed by atoms with Crippen molar-refractivity contribution in [2.45, 2.75) is 51.5 Å². The zero-order valence-corrected chi connectivity index (χ0v) is 12.8. The molecule has 1 aromatic rings. The Morgan fingerprint density at radius 2 is 1.67 bits per heavy atom. The second-order valence-corrected chi connectivity index (χ2v) is 7.79. The van der Waals surface area contributed by atoms with Crippen molar-refractivity contribution in [3.63, 3.8) is 0 Å². The molecule has 4 aliphatic rings. The van der Waals surface area contributed by atoms with Crippen LogP contribution in [0, 0.1) is 23.2 Å². The minimum absolute atomic E-state index is 0.332. The van der Waals surface area contributed by atoms with E-state index in [1.165, 1.54) is 38.5 Å². The molecule has 4 aliphatic carbocycles. The molecule has 2 heteroatoms. The van der Waals surface area contributed by atoms with Crippen molar-refractivity contribution in [1.29, 1.82) is 0 Å². The van der Waals surface area contributed by atoms with Crippen LogP contribution in [0.2, 0.25) is 0 Å². The summed E-state index contributed by atoms with van der Waals surface area (Å²) < 4.78 is 0. The van der Waals surface area contributed by atoms with Gasteiger partial charge in [0.15, 0.2) is 0 Å². The van der Waals surface area contributed by atoms with Gasteiger partial charge in [-0.3, -0.25) is 4.99 Å². The Hall–Kier alpha value is -1.31. The molecule has 1 aromatic carbocycles. The highest BCUT2D eigenvalue weighted by molar-refractivity contribution is 5.83. The Morgan fingerprint density at radius 3 is 2.24 bits per heavy atom. The smallest absolute Gasteiger partial charge is 0.124 e. The van der Waals surface area contributed by atoms with Gasteiger partial charge >= 0.3 is 0 Å². The van der Waals surface area contributed by atoms with Crippen LogP contribution in [-0.4, -0.2) is 17.4 Å². The topological polar surface area (TPSA) is 32.6 Å². The van der Waals surface area contributed by atoms with Crippen molar-refractivity contribution in [2.24, 2.45) is 28.2 Å². The van der Waals surface area contributed by atoms with Crippen LogP contribution in [0.3, 0.4) is 0 Å². The van der Waals surface area contributed by atoms with Crippen LogP contribution in [0.1, 0.15) is 51.0 Å². The zero-order valence-electron chi connectivity index (χ0n) is 12.8. The van der Waals surface area contributed by atoms with E-state index in [0.717, 1.165) is 23.3 Å². The normalized spacial score (nSPS) is 39.0.